The van der Waals surface area contributed by atoms with Crippen LogP contribution in [0.3, 0.4) is 0 Å². The van der Waals surface area contributed by atoms with Gasteiger partial charge in [-0.15, -0.1) is 0 Å². The van der Waals surface area contributed by atoms with Gasteiger partial charge in [0.1, 0.15) is 5.82 Å². The van der Waals surface area contributed by atoms with Gasteiger partial charge < -0.3 is 10.0 Å². The highest BCUT2D eigenvalue weighted by Gasteiger charge is 2.21. The molecule has 1 aromatic rings. The number of aromatic nitrogens is 2. The molecule has 0 aliphatic heterocycles. The minimum atomic E-state index is -0.0389. The molecule has 1 aromatic heterocycles. The summed E-state index contributed by atoms with van der Waals surface area (Å²) < 4.78 is 0. The standard InChI is InChI=1S/C13H21N3O/c1-2-16(12-6-4-3-5-7-12)13-9-14-11(10-17)8-15-13/h8-9,12,17H,2-7,10H2,1H3. The van der Waals surface area contributed by atoms with E-state index < -0.39 is 0 Å². The van der Waals surface area contributed by atoms with Crippen molar-refractivity contribution in [3.05, 3.63) is 18.1 Å². The summed E-state index contributed by atoms with van der Waals surface area (Å²) in [6.45, 7) is 3.09. The van der Waals surface area contributed by atoms with Gasteiger partial charge in [0.2, 0.25) is 0 Å². The Morgan fingerprint density at radius 2 is 2.00 bits per heavy atom. The van der Waals surface area contributed by atoms with E-state index in [0.29, 0.717) is 11.7 Å². The van der Waals surface area contributed by atoms with E-state index in [1.165, 1.54) is 32.1 Å². The molecule has 0 bridgehead atoms. The summed E-state index contributed by atoms with van der Waals surface area (Å²) in [5.74, 6) is 0.941. The molecule has 1 aliphatic rings. The van der Waals surface area contributed by atoms with Crippen LogP contribution >= 0.6 is 0 Å². The Morgan fingerprint density at radius 3 is 2.53 bits per heavy atom. The van der Waals surface area contributed by atoms with Gasteiger partial charge in [-0.2, -0.15) is 0 Å². The molecule has 0 aromatic carbocycles. The topological polar surface area (TPSA) is 49.2 Å². The SMILES string of the molecule is CCN(c1cnc(CO)cn1)C1CCCCC1. The predicted molar refractivity (Wildman–Crippen MR) is 67.8 cm³/mol. The Bertz CT molecular complexity index is 333. The second-order valence-electron chi connectivity index (χ2n) is 4.60. The first-order valence-corrected chi connectivity index (χ1v) is 6.53. The number of aliphatic hydroxyl groups is 1. The number of anilines is 1. The second-order valence-corrected chi connectivity index (χ2v) is 4.60. The third kappa shape index (κ3) is 2.94. The first kappa shape index (κ1) is 12.3. The minimum Gasteiger partial charge on any atom is -0.390 e. The molecule has 1 heterocycles. The maximum Gasteiger partial charge on any atom is 0.147 e. The monoisotopic (exact) mass is 235 g/mol. The van der Waals surface area contributed by atoms with E-state index in [2.05, 4.69) is 21.8 Å². The van der Waals surface area contributed by atoms with Crippen LogP contribution in [0.2, 0.25) is 0 Å². The molecule has 1 saturated carbocycles. The number of aliphatic hydroxyl groups excluding tert-OH is 1. The summed E-state index contributed by atoms with van der Waals surface area (Å²) in [5, 5.41) is 8.96. The molecule has 17 heavy (non-hydrogen) atoms. The molecule has 0 spiro atoms. The zero-order valence-corrected chi connectivity index (χ0v) is 10.5. The summed E-state index contributed by atoms with van der Waals surface area (Å²) in [5.41, 5.74) is 0.633. The fourth-order valence-corrected chi connectivity index (χ4v) is 2.58. The normalized spacial score (nSPS) is 17.1. The van der Waals surface area contributed by atoms with Crippen molar-refractivity contribution in [1.82, 2.24) is 9.97 Å². The number of hydrogen-bond donors (Lipinski definition) is 1. The van der Waals surface area contributed by atoms with E-state index in [1.54, 1.807) is 12.4 Å². The summed E-state index contributed by atoms with van der Waals surface area (Å²) in [6, 6.07) is 0.614. The zero-order chi connectivity index (χ0) is 12.1. The van der Waals surface area contributed by atoms with E-state index in [4.69, 9.17) is 5.11 Å². The second kappa shape index (κ2) is 5.96. The summed E-state index contributed by atoms with van der Waals surface area (Å²) >= 11 is 0. The van der Waals surface area contributed by atoms with Crippen LogP contribution in [0.1, 0.15) is 44.7 Å². The van der Waals surface area contributed by atoms with Gasteiger partial charge in [0, 0.05) is 12.6 Å². The highest BCUT2D eigenvalue weighted by molar-refractivity contribution is 5.37. The van der Waals surface area contributed by atoms with Crippen LogP contribution in [0, 0.1) is 0 Å². The fraction of sp³-hybridized carbons (Fsp3) is 0.692. The molecule has 4 heteroatoms. The summed E-state index contributed by atoms with van der Waals surface area (Å²) in [4.78, 5) is 10.9. The first-order valence-electron chi connectivity index (χ1n) is 6.53. The lowest BCUT2D eigenvalue weighted by Crippen LogP contribution is -2.37. The number of rotatable bonds is 4. The zero-order valence-electron chi connectivity index (χ0n) is 10.5. The van der Waals surface area contributed by atoms with Gasteiger partial charge in [0.25, 0.3) is 0 Å². The molecular formula is C13H21N3O. The van der Waals surface area contributed by atoms with Crippen molar-refractivity contribution in [2.24, 2.45) is 0 Å². The van der Waals surface area contributed by atoms with Gasteiger partial charge in [-0.25, -0.2) is 4.98 Å². The van der Waals surface area contributed by atoms with Gasteiger partial charge in [0.05, 0.1) is 24.7 Å². The molecule has 1 fully saturated rings. The predicted octanol–water partition coefficient (Wildman–Crippen LogP) is 2.13. The quantitative estimate of drug-likeness (QED) is 0.868. The van der Waals surface area contributed by atoms with Crippen LogP contribution in [-0.2, 0) is 6.61 Å². The van der Waals surface area contributed by atoms with Crippen molar-refractivity contribution in [3.63, 3.8) is 0 Å². The van der Waals surface area contributed by atoms with Crippen molar-refractivity contribution >= 4 is 5.82 Å². The molecule has 1 aliphatic carbocycles. The number of nitrogens with zero attached hydrogens (tertiary/aromatic N) is 3. The Hall–Kier alpha value is -1.16. The molecule has 0 amide bonds. The van der Waals surface area contributed by atoms with Crippen molar-refractivity contribution < 1.29 is 5.11 Å². The van der Waals surface area contributed by atoms with Crippen LogP contribution < -0.4 is 4.90 Å². The van der Waals surface area contributed by atoms with Crippen LogP contribution in [0.4, 0.5) is 5.82 Å². The lowest BCUT2D eigenvalue weighted by atomic mass is 9.94. The third-order valence-corrected chi connectivity index (χ3v) is 3.50. The van der Waals surface area contributed by atoms with Crippen LogP contribution in [0.15, 0.2) is 12.4 Å². The van der Waals surface area contributed by atoms with Gasteiger partial charge in [-0.05, 0) is 19.8 Å². The van der Waals surface area contributed by atoms with E-state index >= 15 is 0 Å². The Balaban J connectivity index is 2.10. The van der Waals surface area contributed by atoms with E-state index in [9.17, 15) is 0 Å². The maximum atomic E-state index is 8.96. The van der Waals surface area contributed by atoms with Crippen molar-refractivity contribution in [2.45, 2.75) is 51.7 Å². The highest BCUT2D eigenvalue weighted by atomic mass is 16.3. The fourth-order valence-electron chi connectivity index (χ4n) is 2.58. The average Bonchev–Trinajstić information content (AvgIpc) is 2.42. The van der Waals surface area contributed by atoms with Crippen molar-refractivity contribution in [2.75, 3.05) is 11.4 Å². The van der Waals surface area contributed by atoms with E-state index in [0.717, 1.165) is 12.4 Å². The lowest BCUT2D eigenvalue weighted by Gasteiger charge is -2.34. The lowest BCUT2D eigenvalue weighted by molar-refractivity contribution is 0.276. The van der Waals surface area contributed by atoms with Gasteiger partial charge >= 0.3 is 0 Å². The molecule has 0 radical (unpaired) electrons. The summed E-state index contributed by atoms with van der Waals surface area (Å²) in [7, 11) is 0. The third-order valence-electron chi connectivity index (χ3n) is 3.50. The minimum absolute atomic E-state index is 0.0389. The van der Waals surface area contributed by atoms with Crippen LogP contribution in [0.25, 0.3) is 0 Å². The Kier molecular flexibility index (Phi) is 4.31. The van der Waals surface area contributed by atoms with E-state index in [-0.39, 0.29) is 6.61 Å². The highest BCUT2D eigenvalue weighted by Crippen LogP contribution is 2.25. The molecule has 94 valence electrons. The molecular weight excluding hydrogens is 214 g/mol. The van der Waals surface area contributed by atoms with E-state index in [1.807, 2.05) is 0 Å². The molecule has 0 saturated heterocycles. The Morgan fingerprint density at radius 1 is 1.24 bits per heavy atom. The van der Waals surface area contributed by atoms with Gasteiger partial charge in [-0.3, -0.25) is 4.98 Å². The van der Waals surface area contributed by atoms with Crippen molar-refractivity contribution in [3.8, 4) is 0 Å². The van der Waals surface area contributed by atoms with Crippen LogP contribution in [-0.4, -0.2) is 27.7 Å². The molecule has 2 rings (SSSR count). The largest absolute Gasteiger partial charge is 0.390 e. The molecule has 4 nitrogen and oxygen atoms in total. The molecule has 1 N–H and O–H groups in total. The first-order chi connectivity index (χ1) is 8.35. The Labute approximate surface area is 103 Å². The van der Waals surface area contributed by atoms with Gasteiger partial charge in [0.15, 0.2) is 0 Å². The molecule has 0 atom stereocenters. The molecule has 0 unspecified atom stereocenters. The van der Waals surface area contributed by atoms with Crippen molar-refractivity contribution in [1.29, 1.82) is 0 Å². The smallest absolute Gasteiger partial charge is 0.147 e. The van der Waals surface area contributed by atoms with Crippen LogP contribution in [0.5, 0.6) is 0 Å². The average molecular weight is 235 g/mol. The maximum absolute atomic E-state index is 8.96. The number of hydrogen-bond acceptors (Lipinski definition) is 4. The summed E-state index contributed by atoms with van der Waals surface area (Å²) in [6.07, 6.45) is 9.98. The van der Waals surface area contributed by atoms with Gasteiger partial charge in [-0.1, -0.05) is 19.3 Å².